The van der Waals surface area contributed by atoms with Gasteiger partial charge >= 0.3 is 5.97 Å². The number of ether oxygens (including phenoxy) is 2. The summed E-state index contributed by atoms with van der Waals surface area (Å²) in [6, 6.07) is 12.0. The predicted octanol–water partition coefficient (Wildman–Crippen LogP) is 1.29. The molecule has 0 unspecified atom stereocenters. The first kappa shape index (κ1) is 22.3. The van der Waals surface area contributed by atoms with Gasteiger partial charge in [0.15, 0.2) is 35.4 Å². The zero-order valence-corrected chi connectivity index (χ0v) is 17.8. The molecule has 0 bridgehead atoms. The molecule has 4 aromatic rings. The highest BCUT2D eigenvalue weighted by Gasteiger charge is 2.20. The summed E-state index contributed by atoms with van der Waals surface area (Å²) < 4.78 is 16.7. The number of carbonyl (C=O) groups is 2. The Hall–Kier alpha value is -4.94. The van der Waals surface area contributed by atoms with Crippen molar-refractivity contribution in [2.45, 2.75) is 6.54 Å². The molecule has 0 saturated carbocycles. The number of rotatable bonds is 9. The Bertz CT molecular complexity index is 1380. The van der Waals surface area contributed by atoms with Crippen molar-refractivity contribution in [2.24, 2.45) is 5.10 Å². The quantitative estimate of drug-likeness (QED) is 0.241. The van der Waals surface area contributed by atoms with Crippen LogP contribution in [0, 0.1) is 0 Å². The van der Waals surface area contributed by atoms with Crippen LogP contribution >= 0.6 is 0 Å². The Morgan fingerprint density at radius 2 is 2.06 bits per heavy atom. The number of hydrazone groups is 1. The number of aliphatic carboxylic acids is 1. The number of carboxylic acids is 1. The van der Waals surface area contributed by atoms with E-state index in [1.807, 2.05) is 18.2 Å². The number of methoxy groups -OCH3 is 1. The fraction of sp³-hybridized carbons (Fsp3) is 0.143. The molecule has 13 nitrogen and oxygen atoms in total. The summed E-state index contributed by atoms with van der Waals surface area (Å²) in [6.07, 6.45) is 1.41. The van der Waals surface area contributed by atoms with Crippen LogP contribution in [-0.2, 0) is 16.1 Å². The van der Waals surface area contributed by atoms with Gasteiger partial charge in [-0.3, -0.25) is 4.79 Å². The average molecular weight is 465 g/mol. The minimum absolute atomic E-state index is 0.0553. The molecule has 2 aromatic heterocycles. The van der Waals surface area contributed by atoms with Crippen molar-refractivity contribution in [3.8, 4) is 23.0 Å². The van der Waals surface area contributed by atoms with E-state index in [9.17, 15) is 9.59 Å². The van der Waals surface area contributed by atoms with E-state index in [4.69, 9.17) is 20.3 Å². The monoisotopic (exact) mass is 465 g/mol. The third-order valence-corrected chi connectivity index (χ3v) is 4.62. The van der Waals surface area contributed by atoms with Crippen LogP contribution in [0.4, 0.5) is 5.82 Å². The molecule has 0 spiro atoms. The lowest BCUT2D eigenvalue weighted by Gasteiger charge is -2.09. The maximum Gasteiger partial charge on any atom is 0.341 e. The number of benzene rings is 2. The largest absolute Gasteiger partial charge is 0.493 e. The number of nitrogen functional groups attached to an aromatic ring is 1. The molecular formula is C21H19N7O6. The molecule has 0 saturated heterocycles. The molecular weight excluding hydrogens is 446 g/mol. The summed E-state index contributed by atoms with van der Waals surface area (Å²) in [4.78, 5) is 27.8. The number of nitrogens with zero attached hydrogens (tertiary/aromatic N) is 5. The van der Waals surface area contributed by atoms with Crippen LogP contribution in [-0.4, -0.2) is 56.8 Å². The fourth-order valence-electron chi connectivity index (χ4n) is 3.15. The van der Waals surface area contributed by atoms with Crippen LogP contribution < -0.4 is 20.6 Å². The Balaban J connectivity index is 1.49. The highest BCUT2D eigenvalue weighted by Crippen LogP contribution is 2.28. The second-order valence-electron chi connectivity index (χ2n) is 6.89. The molecule has 2 heterocycles. The number of hydrogen-bond acceptors (Lipinski definition) is 10. The van der Waals surface area contributed by atoms with Crippen LogP contribution in [0.5, 0.6) is 11.5 Å². The second kappa shape index (κ2) is 9.68. The van der Waals surface area contributed by atoms with Gasteiger partial charge in [-0.15, -0.1) is 0 Å². The Morgan fingerprint density at radius 3 is 2.79 bits per heavy atom. The molecule has 4 rings (SSSR count). The number of carboxylic acid groups (broad SMARTS) is 1. The minimum Gasteiger partial charge on any atom is -0.493 e. The normalized spacial score (nSPS) is 11.1. The molecule has 2 aromatic carbocycles. The van der Waals surface area contributed by atoms with Gasteiger partial charge in [0.25, 0.3) is 5.91 Å². The lowest BCUT2D eigenvalue weighted by atomic mass is 10.2. The number of anilines is 1. The van der Waals surface area contributed by atoms with E-state index < -0.39 is 18.5 Å². The molecule has 34 heavy (non-hydrogen) atoms. The highest BCUT2D eigenvalue weighted by atomic mass is 16.6. The maximum absolute atomic E-state index is 12.6. The Kier molecular flexibility index (Phi) is 6.34. The third kappa shape index (κ3) is 4.77. The van der Waals surface area contributed by atoms with Crippen molar-refractivity contribution in [1.29, 1.82) is 0 Å². The number of nitrogens with one attached hydrogen (secondary N) is 1. The van der Waals surface area contributed by atoms with Gasteiger partial charge < -0.3 is 24.9 Å². The SMILES string of the molecule is COc1cc(/C=N\NC(=O)Cn2c(-c3nonc3N)nc3ccccc32)ccc1OCC(=O)O. The molecule has 174 valence electrons. The average Bonchev–Trinajstić information content (AvgIpc) is 3.41. The highest BCUT2D eigenvalue weighted by molar-refractivity contribution is 5.86. The summed E-state index contributed by atoms with van der Waals surface area (Å²) in [5.41, 5.74) is 10.4. The number of aromatic nitrogens is 4. The summed E-state index contributed by atoms with van der Waals surface area (Å²) >= 11 is 0. The maximum atomic E-state index is 12.6. The van der Waals surface area contributed by atoms with Crippen LogP contribution in [0.3, 0.4) is 0 Å². The Morgan fingerprint density at radius 1 is 1.24 bits per heavy atom. The summed E-state index contributed by atoms with van der Waals surface area (Å²) in [6.45, 7) is -0.619. The zero-order valence-electron chi connectivity index (χ0n) is 17.8. The van der Waals surface area contributed by atoms with Gasteiger partial charge in [0.1, 0.15) is 6.54 Å². The number of imidazole rings is 1. The van der Waals surface area contributed by atoms with Gasteiger partial charge in [-0.25, -0.2) is 19.8 Å². The third-order valence-electron chi connectivity index (χ3n) is 4.62. The van der Waals surface area contributed by atoms with Crippen molar-refractivity contribution in [1.82, 2.24) is 25.3 Å². The fourth-order valence-corrected chi connectivity index (χ4v) is 3.15. The number of carbonyl (C=O) groups excluding carboxylic acids is 1. The standard InChI is InChI=1S/C21H19N7O6/c1-32-16-8-12(6-7-15(16)33-11-18(30)31)9-23-25-17(29)10-28-14-5-3-2-4-13(14)24-21(28)19-20(22)27-34-26-19/h2-9H,10-11H2,1H3,(H2,22,27)(H,25,29)(H,30,31)/b23-9-. The van der Waals surface area contributed by atoms with Crippen LogP contribution in [0.1, 0.15) is 5.56 Å². The Labute approximate surface area is 191 Å². The molecule has 0 radical (unpaired) electrons. The lowest BCUT2D eigenvalue weighted by molar-refractivity contribution is -0.139. The number of fused-ring (bicyclic) bond motifs is 1. The van der Waals surface area contributed by atoms with E-state index >= 15 is 0 Å². The molecule has 13 heteroatoms. The second-order valence-corrected chi connectivity index (χ2v) is 6.89. The molecule has 4 N–H and O–H groups in total. The van der Waals surface area contributed by atoms with E-state index in [1.165, 1.54) is 13.3 Å². The number of para-hydroxylation sites is 2. The first-order valence-electron chi connectivity index (χ1n) is 9.84. The van der Waals surface area contributed by atoms with Gasteiger partial charge in [-0.05, 0) is 46.2 Å². The van der Waals surface area contributed by atoms with E-state index in [0.29, 0.717) is 28.2 Å². The number of nitrogens with two attached hydrogens (primary N) is 1. The topological polar surface area (TPSA) is 180 Å². The van der Waals surface area contributed by atoms with Crippen LogP contribution in [0.15, 0.2) is 52.2 Å². The van der Waals surface area contributed by atoms with Gasteiger partial charge in [-0.1, -0.05) is 12.1 Å². The number of amides is 1. The molecule has 0 fully saturated rings. The van der Waals surface area contributed by atoms with E-state index in [0.717, 1.165) is 0 Å². The van der Waals surface area contributed by atoms with Crippen molar-refractivity contribution in [3.05, 3.63) is 48.0 Å². The molecule has 0 aliphatic rings. The van der Waals surface area contributed by atoms with Crippen molar-refractivity contribution in [2.75, 3.05) is 19.5 Å². The smallest absolute Gasteiger partial charge is 0.341 e. The van der Waals surface area contributed by atoms with Crippen LogP contribution in [0.25, 0.3) is 22.6 Å². The van der Waals surface area contributed by atoms with Crippen molar-refractivity contribution < 1.29 is 28.8 Å². The number of hydrogen-bond donors (Lipinski definition) is 3. The summed E-state index contributed by atoms with van der Waals surface area (Å²) in [5.74, 6) is -0.548. The molecule has 0 aliphatic heterocycles. The van der Waals surface area contributed by atoms with Crippen molar-refractivity contribution >= 4 is 34.9 Å². The van der Waals surface area contributed by atoms with Gasteiger partial charge in [0, 0.05) is 0 Å². The van der Waals surface area contributed by atoms with Gasteiger partial charge in [0.2, 0.25) is 0 Å². The van der Waals surface area contributed by atoms with E-state index in [-0.39, 0.29) is 23.8 Å². The minimum atomic E-state index is -1.10. The van der Waals surface area contributed by atoms with Gasteiger partial charge in [-0.2, -0.15) is 5.10 Å². The molecule has 0 atom stereocenters. The van der Waals surface area contributed by atoms with E-state index in [1.54, 1.807) is 28.8 Å². The zero-order chi connectivity index (χ0) is 24.1. The molecule has 0 aliphatic carbocycles. The van der Waals surface area contributed by atoms with E-state index in [2.05, 4.69) is 30.5 Å². The summed E-state index contributed by atoms with van der Waals surface area (Å²) in [7, 11) is 1.43. The molecule has 1 amide bonds. The lowest BCUT2D eigenvalue weighted by Crippen LogP contribution is -2.23. The predicted molar refractivity (Wildman–Crippen MR) is 119 cm³/mol. The van der Waals surface area contributed by atoms with Gasteiger partial charge in [0.05, 0.1) is 24.4 Å². The first-order chi connectivity index (χ1) is 16.5. The first-order valence-corrected chi connectivity index (χ1v) is 9.84. The van der Waals surface area contributed by atoms with Crippen molar-refractivity contribution in [3.63, 3.8) is 0 Å². The van der Waals surface area contributed by atoms with Crippen LogP contribution in [0.2, 0.25) is 0 Å². The summed E-state index contributed by atoms with van der Waals surface area (Å²) in [5, 5.41) is 20.1.